The van der Waals surface area contributed by atoms with Gasteiger partial charge < -0.3 is 5.32 Å². The molecule has 0 saturated carbocycles. The number of hydrogen-bond acceptors (Lipinski definition) is 4. The average molecular weight is 386 g/mol. The van der Waals surface area contributed by atoms with Crippen LogP contribution >= 0.6 is 0 Å². The Morgan fingerprint density at radius 2 is 1.90 bits per heavy atom. The maximum Gasteiger partial charge on any atom is 0.251 e. The summed E-state index contributed by atoms with van der Waals surface area (Å²) >= 11 is 0. The summed E-state index contributed by atoms with van der Waals surface area (Å²) in [7, 11) is 0. The summed E-state index contributed by atoms with van der Waals surface area (Å²) < 4.78 is 1.69. The van der Waals surface area contributed by atoms with Crippen LogP contribution in [0.5, 0.6) is 0 Å². The Kier molecular flexibility index (Phi) is 5.89. The van der Waals surface area contributed by atoms with Crippen molar-refractivity contribution in [2.45, 2.75) is 20.8 Å². The lowest BCUT2D eigenvalue weighted by atomic mass is 9.91. The van der Waals surface area contributed by atoms with Gasteiger partial charge in [0.25, 0.3) is 5.91 Å². The van der Waals surface area contributed by atoms with Gasteiger partial charge in [-0.15, -0.1) is 0 Å². The number of hydrogen-bond donors (Lipinski definition) is 1. The second-order valence-electron chi connectivity index (χ2n) is 7.50. The third kappa shape index (κ3) is 5.17. The van der Waals surface area contributed by atoms with Crippen LogP contribution in [0.25, 0.3) is 5.69 Å². The van der Waals surface area contributed by atoms with Gasteiger partial charge in [0.2, 0.25) is 0 Å². The molecule has 3 rings (SSSR count). The third-order valence-electron chi connectivity index (χ3n) is 4.25. The second-order valence-corrected chi connectivity index (χ2v) is 7.50. The van der Waals surface area contributed by atoms with Crippen LogP contribution in [-0.2, 0) is 4.79 Å². The van der Waals surface area contributed by atoms with Crippen molar-refractivity contribution >= 4 is 11.7 Å². The molecule has 0 fully saturated rings. The highest BCUT2D eigenvalue weighted by Gasteiger charge is 2.21. The van der Waals surface area contributed by atoms with Crippen LogP contribution in [0.2, 0.25) is 0 Å². The molecule has 1 amide bonds. The number of amides is 1. The number of benzene rings is 1. The zero-order valence-electron chi connectivity index (χ0n) is 16.6. The minimum atomic E-state index is -0.503. The molecular formula is C23H22N4O2. The maximum atomic E-state index is 12.6. The summed E-state index contributed by atoms with van der Waals surface area (Å²) in [5.41, 5.74) is 1.93. The van der Waals surface area contributed by atoms with E-state index in [2.05, 4.69) is 27.2 Å². The van der Waals surface area contributed by atoms with Crippen LogP contribution < -0.4 is 5.32 Å². The SMILES string of the molecule is CC(C)(C)C(=O)CNC(=O)c1ccc(-n2cccn2)c(C#Cc2ccccn2)c1. The first-order valence-electron chi connectivity index (χ1n) is 9.23. The van der Waals surface area contributed by atoms with Gasteiger partial charge in [0.15, 0.2) is 5.78 Å². The first kappa shape index (κ1) is 20.0. The number of nitrogens with one attached hydrogen (secondary N) is 1. The Morgan fingerprint density at radius 1 is 1.07 bits per heavy atom. The van der Waals surface area contributed by atoms with E-state index in [1.165, 1.54) is 0 Å². The average Bonchev–Trinajstić information content (AvgIpc) is 3.24. The molecule has 6 heteroatoms. The quantitative estimate of drug-likeness (QED) is 0.700. The van der Waals surface area contributed by atoms with E-state index in [1.54, 1.807) is 35.3 Å². The van der Waals surface area contributed by atoms with Gasteiger partial charge in [0.1, 0.15) is 5.69 Å². The van der Waals surface area contributed by atoms with Crippen molar-refractivity contribution in [3.63, 3.8) is 0 Å². The van der Waals surface area contributed by atoms with Crippen molar-refractivity contribution in [1.29, 1.82) is 0 Å². The van der Waals surface area contributed by atoms with Crippen LogP contribution in [0.1, 0.15) is 42.4 Å². The molecule has 1 N–H and O–H groups in total. The third-order valence-corrected chi connectivity index (χ3v) is 4.25. The first-order chi connectivity index (χ1) is 13.8. The Morgan fingerprint density at radius 3 is 2.55 bits per heavy atom. The van der Waals surface area contributed by atoms with Crippen molar-refractivity contribution in [3.05, 3.63) is 77.9 Å². The fourth-order valence-electron chi connectivity index (χ4n) is 2.48. The molecule has 146 valence electrons. The topological polar surface area (TPSA) is 76.9 Å². The summed E-state index contributed by atoms with van der Waals surface area (Å²) in [5, 5.41) is 6.94. The molecule has 0 unspecified atom stereocenters. The van der Waals surface area contributed by atoms with Gasteiger partial charge in [-0.3, -0.25) is 9.59 Å². The fraction of sp³-hybridized carbons (Fsp3) is 0.217. The molecule has 0 aliphatic heterocycles. The predicted octanol–water partition coefficient (Wildman–Crippen LogP) is 3.01. The molecule has 0 bridgehead atoms. The van der Waals surface area contributed by atoms with Crippen LogP contribution in [0.4, 0.5) is 0 Å². The Hall–Kier alpha value is -3.72. The van der Waals surface area contributed by atoms with E-state index in [1.807, 2.05) is 51.2 Å². The minimum absolute atomic E-state index is 0.0157. The van der Waals surface area contributed by atoms with Crippen molar-refractivity contribution in [1.82, 2.24) is 20.1 Å². The smallest absolute Gasteiger partial charge is 0.251 e. The number of aromatic nitrogens is 3. The normalized spacial score (nSPS) is 10.7. The van der Waals surface area contributed by atoms with E-state index < -0.39 is 5.41 Å². The van der Waals surface area contributed by atoms with E-state index in [0.29, 0.717) is 16.8 Å². The Balaban J connectivity index is 1.90. The number of pyridine rings is 1. The molecule has 0 aliphatic rings. The van der Waals surface area contributed by atoms with Crippen LogP contribution in [0.15, 0.2) is 61.1 Å². The predicted molar refractivity (Wildman–Crippen MR) is 111 cm³/mol. The summed E-state index contributed by atoms with van der Waals surface area (Å²) in [6, 6.07) is 12.5. The van der Waals surface area contributed by atoms with Crippen LogP contribution in [0.3, 0.4) is 0 Å². The van der Waals surface area contributed by atoms with Gasteiger partial charge >= 0.3 is 0 Å². The van der Waals surface area contributed by atoms with E-state index in [0.717, 1.165) is 5.69 Å². The van der Waals surface area contributed by atoms with Crippen molar-refractivity contribution in [2.24, 2.45) is 5.41 Å². The van der Waals surface area contributed by atoms with Gasteiger partial charge in [-0.25, -0.2) is 9.67 Å². The lowest BCUT2D eigenvalue weighted by Crippen LogP contribution is -2.35. The fourth-order valence-corrected chi connectivity index (χ4v) is 2.48. The Bertz CT molecular complexity index is 1070. The zero-order valence-corrected chi connectivity index (χ0v) is 16.6. The molecule has 6 nitrogen and oxygen atoms in total. The van der Waals surface area contributed by atoms with Gasteiger partial charge in [0.05, 0.1) is 17.8 Å². The van der Waals surface area contributed by atoms with Gasteiger partial charge in [-0.1, -0.05) is 32.8 Å². The molecule has 0 radical (unpaired) electrons. The first-order valence-corrected chi connectivity index (χ1v) is 9.23. The summed E-state index contributed by atoms with van der Waals surface area (Å²) in [5.74, 6) is 5.74. The van der Waals surface area contributed by atoms with Gasteiger partial charge in [-0.2, -0.15) is 5.10 Å². The van der Waals surface area contributed by atoms with E-state index >= 15 is 0 Å². The lowest BCUT2D eigenvalue weighted by Gasteiger charge is -2.16. The highest BCUT2D eigenvalue weighted by molar-refractivity contribution is 5.98. The number of carbonyl (C=O) groups excluding carboxylic acids is 2. The number of rotatable bonds is 4. The Labute approximate surface area is 170 Å². The number of nitrogens with zero attached hydrogens (tertiary/aromatic N) is 3. The molecular weight excluding hydrogens is 364 g/mol. The van der Waals surface area contributed by atoms with Crippen molar-refractivity contribution in [2.75, 3.05) is 6.54 Å². The molecule has 2 heterocycles. The second kappa shape index (κ2) is 8.53. The zero-order chi connectivity index (χ0) is 20.9. The maximum absolute atomic E-state index is 12.6. The largest absolute Gasteiger partial charge is 0.345 e. The van der Waals surface area contributed by atoms with Gasteiger partial charge in [0, 0.05) is 29.6 Å². The summed E-state index contributed by atoms with van der Waals surface area (Å²) in [6.45, 7) is 5.46. The van der Waals surface area contributed by atoms with Crippen molar-refractivity contribution < 1.29 is 9.59 Å². The van der Waals surface area contributed by atoms with E-state index in [4.69, 9.17) is 0 Å². The molecule has 3 aromatic rings. The highest BCUT2D eigenvalue weighted by atomic mass is 16.2. The van der Waals surface area contributed by atoms with E-state index in [-0.39, 0.29) is 18.2 Å². The summed E-state index contributed by atoms with van der Waals surface area (Å²) in [4.78, 5) is 28.8. The number of carbonyl (C=O) groups is 2. The molecule has 0 saturated heterocycles. The summed E-state index contributed by atoms with van der Waals surface area (Å²) in [6.07, 6.45) is 5.16. The van der Waals surface area contributed by atoms with Crippen LogP contribution in [0, 0.1) is 17.3 Å². The van der Waals surface area contributed by atoms with Gasteiger partial charge in [-0.05, 0) is 42.3 Å². The van der Waals surface area contributed by atoms with Crippen molar-refractivity contribution in [3.8, 4) is 17.5 Å². The van der Waals surface area contributed by atoms with Crippen LogP contribution in [-0.4, -0.2) is 33.0 Å². The van der Waals surface area contributed by atoms with E-state index in [9.17, 15) is 9.59 Å². The molecule has 29 heavy (non-hydrogen) atoms. The highest BCUT2D eigenvalue weighted by Crippen LogP contribution is 2.17. The number of ketones is 1. The number of Topliss-reactive ketones (excluding diaryl/α,β-unsaturated/α-hetero) is 1. The molecule has 0 aliphatic carbocycles. The standard InChI is InChI=1S/C23H22N4O2/c1-23(2,3)21(28)16-25-22(29)18-9-11-20(27-14-6-13-26-27)17(15-18)8-10-19-7-4-5-12-24-19/h4-7,9,11-15H,16H2,1-3H3,(H,25,29). The molecule has 0 atom stereocenters. The molecule has 2 aromatic heterocycles. The molecule has 0 spiro atoms. The minimum Gasteiger partial charge on any atom is -0.345 e. The lowest BCUT2D eigenvalue weighted by molar-refractivity contribution is -0.125. The monoisotopic (exact) mass is 386 g/mol. The molecule has 1 aromatic carbocycles.